The molecule has 18 heavy (non-hydrogen) atoms. The molecule has 0 heterocycles. The lowest BCUT2D eigenvalue weighted by Gasteiger charge is -2.46. The molecule has 0 aromatic carbocycles. The summed E-state index contributed by atoms with van der Waals surface area (Å²) in [6, 6.07) is 0. The van der Waals surface area contributed by atoms with Gasteiger partial charge in [0.05, 0.1) is 6.10 Å². The normalized spacial score (nSPS) is 54.8. The number of rotatable bonds is 1. The molecule has 0 aromatic heterocycles. The fourth-order valence-electron chi connectivity index (χ4n) is 5.61. The largest absolute Gasteiger partial charge is 0.393 e. The number of aliphatic hydroxyl groups is 1. The van der Waals surface area contributed by atoms with Crippen LogP contribution in [0.4, 0.5) is 0 Å². The minimum Gasteiger partial charge on any atom is -0.393 e. The zero-order valence-electron chi connectivity index (χ0n) is 12.5. The summed E-state index contributed by atoms with van der Waals surface area (Å²) >= 11 is 0. The summed E-state index contributed by atoms with van der Waals surface area (Å²) in [4.78, 5) is 0. The first-order chi connectivity index (χ1) is 8.43. The highest BCUT2D eigenvalue weighted by atomic mass is 16.3. The highest BCUT2D eigenvalue weighted by molar-refractivity contribution is 5.06. The molecule has 0 radical (unpaired) electrons. The van der Waals surface area contributed by atoms with Gasteiger partial charge >= 0.3 is 0 Å². The van der Waals surface area contributed by atoms with Gasteiger partial charge in [-0.05, 0) is 66.6 Å². The number of hydrogen-bond donors (Lipinski definition) is 1. The Kier molecular flexibility index (Phi) is 3.05. The van der Waals surface area contributed by atoms with E-state index in [1.165, 1.54) is 32.1 Å². The minimum absolute atomic E-state index is 0.0154. The molecule has 3 rings (SSSR count). The first-order valence-electron chi connectivity index (χ1n) is 8.11. The van der Waals surface area contributed by atoms with Crippen molar-refractivity contribution >= 4 is 0 Å². The van der Waals surface area contributed by atoms with E-state index in [0.717, 1.165) is 23.7 Å². The molecule has 1 nitrogen and oxygen atoms in total. The third-order valence-electron chi connectivity index (χ3n) is 7.30. The zero-order valence-corrected chi connectivity index (χ0v) is 12.5. The van der Waals surface area contributed by atoms with Crippen LogP contribution < -0.4 is 0 Å². The number of aliphatic hydroxyl groups excluding tert-OH is 1. The SMILES string of the molecule is C[C@@H]1CCC[C@H]([C@@H]2C[C@H]3C[C@H]2[C@H](C)C3(C)C)[C@@H]1O. The van der Waals surface area contributed by atoms with Crippen molar-refractivity contribution in [2.24, 2.45) is 40.9 Å². The number of hydrogen-bond acceptors (Lipinski definition) is 1. The Morgan fingerprint density at radius 1 is 0.944 bits per heavy atom. The lowest BCUT2D eigenvalue weighted by atomic mass is 9.60. The lowest BCUT2D eigenvalue weighted by Crippen LogP contribution is -2.42. The van der Waals surface area contributed by atoms with Gasteiger partial charge in [-0.25, -0.2) is 0 Å². The van der Waals surface area contributed by atoms with Crippen LogP contribution >= 0.6 is 0 Å². The second kappa shape index (κ2) is 4.23. The van der Waals surface area contributed by atoms with Crippen LogP contribution in [0, 0.1) is 40.9 Å². The summed E-state index contributed by atoms with van der Waals surface area (Å²) in [6.45, 7) is 9.66. The number of fused-ring (bicyclic) bond motifs is 2. The third kappa shape index (κ3) is 1.69. The van der Waals surface area contributed by atoms with Crippen molar-refractivity contribution in [2.45, 2.75) is 65.9 Å². The molecule has 0 saturated heterocycles. The summed E-state index contributed by atoms with van der Waals surface area (Å²) < 4.78 is 0. The highest BCUT2D eigenvalue weighted by Crippen LogP contribution is 2.64. The first-order valence-corrected chi connectivity index (χ1v) is 8.11. The minimum atomic E-state index is -0.0154. The Morgan fingerprint density at radius 2 is 1.61 bits per heavy atom. The summed E-state index contributed by atoms with van der Waals surface area (Å²) in [7, 11) is 0. The molecule has 0 unspecified atom stereocenters. The standard InChI is InChI=1S/C17H30O/c1-10-6-5-7-13(16(10)18)15-9-12-8-14(15)11(2)17(12,3)4/h10-16,18H,5-9H2,1-4H3/t10-,11+,12-,13-,14+,15+,16-/m1/s1. The van der Waals surface area contributed by atoms with Gasteiger partial charge in [-0.1, -0.05) is 34.1 Å². The van der Waals surface area contributed by atoms with E-state index < -0.39 is 0 Å². The molecule has 3 saturated carbocycles. The van der Waals surface area contributed by atoms with E-state index in [1.807, 2.05) is 0 Å². The zero-order chi connectivity index (χ0) is 13.1. The molecule has 7 atom stereocenters. The summed E-state index contributed by atoms with van der Waals surface area (Å²) in [5, 5.41) is 10.5. The van der Waals surface area contributed by atoms with Gasteiger partial charge in [0, 0.05) is 0 Å². The summed E-state index contributed by atoms with van der Waals surface area (Å²) in [5.74, 6) is 4.65. The van der Waals surface area contributed by atoms with Crippen molar-refractivity contribution < 1.29 is 5.11 Å². The van der Waals surface area contributed by atoms with Gasteiger partial charge in [0.15, 0.2) is 0 Å². The van der Waals surface area contributed by atoms with Gasteiger partial charge in [0.25, 0.3) is 0 Å². The lowest BCUT2D eigenvalue weighted by molar-refractivity contribution is -0.0365. The van der Waals surface area contributed by atoms with Crippen molar-refractivity contribution in [2.75, 3.05) is 0 Å². The van der Waals surface area contributed by atoms with Crippen LogP contribution in [0.25, 0.3) is 0 Å². The predicted molar refractivity (Wildman–Crippen MR) is 75.2 cm³/mol. The van der Waals surface area contributed by atoms with Gasteiger partial charge in [0.1, 0.15) is 0 Å². The topological polar surface area (TPSA) is 20.2 Å². The van der Waals surface area contributed by atoms with Crippen molar-refractivity contribution in [1.82, 2.24) is 0 Å². The molecule has 0 aromatic rings. The van der Waals surface area contributed by atoms with Crippen LogP contribution in [0.15, 0.2) is 0 Å². The van der Waals surface area contributed by atoms with E-state index in [-0.39, 0.29) is 6.10 Å². The second-order valence-corrected chi connectivity index (χ2v) is 8.17. The maximum Gasteiger partial charge on any atom is 0.0596 e. The summed E-state index contributed by atoms with van der Waals surface area (Å²) in [5.41, 5.74) is 0.548. The van der Waals surface area contributed by atoms with Crippen LogP contribution in [-0.2, 0) is 0 Å². The quantitative estimate of drug-likeness (QED) is 0.743. The van der Waals surface area contributed by atoms with Crippen LogP contribution in [0.5, 0.6) is 0 Å². The Morgan fingerprint density at radius 3 is 2.22 bits per heavy atom. The molecule has 104 valence electrons. The van der Waals surface area contributed by atoms with Crippen molar-refractivity contribution in [3.63, 3.8) is 0 Å². The van der Waals surface area contributed by atoms with Crippen molar-refractivity contribution in [3.05, 3.63) is 0 Å². The highest BCUT2D eigenvalue weighted by Gasteiger charge is 2.57. The average Bonchev–Trinajstić information content (AvgIpc) is 2.83. The predicted octanol–water partition coefficient (Wildman–Crippen LogP) is 4.10. The van der Waals surface area contributed by atoms with E-state index in [1.54, 1.807) is 0 Å². The van der Waals surface area contributed by atoms with Crippen LogP contribution in [0.1, 0.15) is 59.8 Å². The summed E-state index contributed by atoms with van der Waals surface area (Å²) in [6.07, 6.45) is 6.69. The Balaban J connectivity index is 1.76. The molecule has 1 heteroatoms. The van der Waals surface area contributed by atoms with Crippen molar-refractivity contribution in [3.8, 4) is 0 Å². The smallest absolute Gasteiger partial charge is 0.0596 e. The van der Waals surface area contributed by atoms with E-state index in [9.17, 15) is 5.11 Å². The van der Waals surface area contributed by atoms with Gasteiger partial charge < -0.3 is 5.11 Å². The van der Waals surface area contributed by atoms with Gasteiger partial charge in [-0.2, -0.15) is 0 Å². The van der Waals surface area contributed by atoms with Crippen LogP contribution in [0.2, 0.25) is 0 Å². The Labute approximate surface area is 112 Å². The van der Waals surface area contributed by atoms with Gasteiger partial charge in [-0.15, -0.1) is 0 Å². The van der Waals surface area contributed by atoms with Crippen LogP contribution in [0.3, 0.4) is 0 Å². The van der Waals surface area contributed by atoms with Crippen LogP contribution in [-0.4, -0.2) is 11.2 Å². The van der Waals surface area contributed by atoms with Crippen molar-refractivity contribution in [1.29, 1.82) is 0 Å². The van der Waals surface area contributed by atoms with E-state index in [2.05, 4.69) is 27.7 Å². The molecular weight excluding hydrogens is 220 g/mol. The fraction of sp³-hybridized carbons (Fsp3) is 1.00. The molecule has 0 aliphatic heterocycles. The fourth-order valence-corrected chi connectivity index (χ4v) is 5.61. The molecule has 3 aliphatic rings. The van der Waals surface area contributed by atoms with Gasteiger partial charge in [0.2, 0.25) is 0 Å². The molecule has 3 fully saturated rings. The maximum absolute atomic E-state index is 10.5. The third-order valence-corrected chi connectivity index (χ3v) is 7.30. The van der Waals surface area contributed by atoms with Gasteiger partial charge in [-0.3, -0.25) is 0 Å². The molecule has 3 aliphatic carbocycles. The Bertz CT molecular complexity index is 318. The van der Waals surface area contributed by atoms with E-state index in [4.69, 9.17) is 0 Å². The molecular formula is C17H30O. The monoisotopic (exact) mass is 250 g/mol. The Hall–Kier alpha value is -0.0400. The molecule has 0 spiro atoms. The van der Waals surface area contributed by atoms with E-state index >= 15 is 0 Å². The molecule has 2 bridgehead atoms. The average molecular weight is 250 g/mol. The second-order valence-electron chi connectivity index (χ2n) is 8.17. The first kappa shape index (κ1) is 13.0. The molecule has 0 amide bonds. The van der Waals surface area contributed by atoms with E-state index in [0.29, 0.717) is 17.3 Å². The molecule has 1 N–H and O–H groups in total. The maximum atomic E-state index is 10.5.